The lowest BCUT2D eigenvalue weighted by Crippen LogP contribution is -2.60. The van der Waals surface area contributed by atoms with Gasteiger partial charge in [-0.3, -0.25) is 0 Å². The first-order chi connectivity index (χ1) is 22.2. The Bertz CT molecular complexity index is 1280. The molecular weight excluding hydrogens is 594 g/mol. The van der Waals surface area contributed by atoms with E-state index in [1.54, 1.807) is 4.90 Å². The van der Waals surface area contributed by atoms with Gasteiger partial charge in [0.2, 0.25) is 0 Å². The van der Waals surface area contributed by atoms with Crippen molar-refractivity contribution in [3.8, 4) is 0 Å². The predicted octanol–water partition coefficient (Wildman–Crippen LogP) is 5.73. The molecule has 5 saturated carbocycles. The lowest BCUT2D eigenvalue weighted by atomic mass is 9.41. The van der Waals surface area contributed by atoms with Crippen LogP contribution in [-0.2, 0) is 14.2 Å². The highest BCUT2D eigenvalue weighted by molar-refractivity contribution is 5.69. The van der Waals surface area contributed by atoms with Crippen LogP contribution < -0.4 is 10.6 Å². The maximum atomic E-state index is 12.9. The molecule has 3 aliphatic heterocycles. The second-order valence-corrected chi connectivity index (χ2v) is 18.9. The van der Waals surface area contributed by atoms with Crippen molar-refractivity contribution in [2.75, 3.05) is 26.2 Å². The minimum Gasteiger partial charge on any atom is -0.446 e. The van der Waals surface area contributed by atoms with Crippen molar-refractivity contribution in [3.05, 3.63) is 0 Å². The number of fused-ring (bicyclic) bond motifs is 4. The zero-order valence-corrected chi connectivity index (χ0v) is 30.0. The molecule has 8 fully saturated rings. The van der Waals surface area contributed by atoms with Gasteiger partial charge >= 0.3 is 12.2 Å². The molecule has 8 aliphatic rings. The summed E-state index contributed by atoms with van der Waals surface area (Å²) in [4.78, 5) is 27.5. The molecule has 13 atom stereocenters. The number of aliphatic hydroxyl groups excluding tert-OH is 1. The van der Waals surface area contributed by atoms with Gasteiger partial charge < -0.3 is 34.9 Å². The molecule has 2 amide bonds. The van der Waals surface area contributed by atoms with Crippen LogP contribution in [-0.4, -0.2) is 84.9 Å². The lowest BCUT2D eigenvalue weighted by Gasteiger charge is -2.63. The Morgan fingerprint density at radius 3 is 2.34 bits per heavy atom. The van der Waals surface area contributed by atoms with Gasteiger partial charge in [0.1, 0.15) is 12.2 Å². The molecule has 9 heteroatoms. The number of carbonyl (C=O) groups excluding carboxylic acids is 2. The zero-order valence-electron chi connectivity index (χ0n) is 30.0. The largest absolute Gasteiger partial charge is 0.446 e. The van der Waals surface area contributed by atoms with Gasteiger partial charge in [-0.25, -0.2) is 9.59 Å². The number of hydrogen-bond donors (Lipinski definition) is 3. The van der Waals surface area contributed by atoms with E-state index in [9.17, 15) is 14.7 Å². The molecule has 5 aliphatic carbocycles. The number of rotatable bonds is 5. The van der Waals surface area contributed by atoms with E-state index in [0.29, 0.717) is 17.8 Å². The monoisotopic (exact) mass is 655 g/mol. The summed E-state index contributed by atoms with van der Waals surface area (Å²) < 4.78 is 19.3. The molecule has 0 aromatic heterocycles. The van der Waals surface area contributed by atoms with Crippen molar-refractivity contribution < 1.29 is 28.9 Å². The first kappa shape index (κ1) is 32.6. The van der Waals surface area contributed by atoms with Crippen LogP contribution in [0.15, 0.2) is 0 Å². The fourth-order valence-electron chi connectivity index (χ4n) is 13.8. The SMILES string of the molecule is CC(C)C(OC(=O)N1CCC1)C1C[C@@H](C)[C@H]2C(O1)[C@H](O)[C@@]1(C)C3CC[C@H]4C(C)(C)C(OC(=O)NC5CNC5)CCC45CC35CCC21C. The Morgan fingerprint density at radius 2 is 1.70 bits per heavy atom. The number of likely N-dealkylation sites (tertiary alicyclic amines) is 1. The minimum absolute atomic E-state index is 0.0139. The maximum Gasteiger partial charge on any atom is 0.410 e. The Hall–Kier alpha value is -1.58. The van der Waals surface area contributed by atoms with Gasteiger partial charge in [-0.15, -0.1) is 0 Å². The zero-order chi connectivity index (χ0) is 33.3. The summed E-state index contributed by atoms with van der Waals surface area (Å²) in [5, 5.41) is 18.9. The van der Waals surface area contributed by atoms with Gasteiger partial charge in [0.25, 0.3) is 0 Å². The van der Waals surface area contributed by atoms with Crippen molar-refractivity contribution in [2.24, 2.45) is 56.7 Å². The third-order valence-corrected chi connectivity index (χ3v) is 16.5. The van der Waals surface area contributed by atoms with E-state index in [2.05, 4.69) is 59.1 Å². The van der Waals surface area contributed by atoms with Crippen molar-refractivity contribution in [1.29, 1.82) is 0 Å². The molecule has 9 nitrogen and oxygen atoms in total. The fourth-order valence-corrected chi connectivity index (χ4v) is 13.8. The summed E-state index contributed by atoms with van der Waals surface area (Å²) in [5.41, 5.74) is 0.175. The summed E-state index contributed by atoms with van der Waals surface area (Å²) in [6.45, 7) is 19.4. The fraction of sp³-hybridized carbons (Fsp3) is 0.947. The average Bonchev–Trinajstić information content (AvgIpc) is 3.59. The third-order valence-electron chi connectivity index (χ3n) is 16.5. The number of ether oxygens (including phenoxy) is 3. The summed E-state index contributed by atoms with van der Waals surface area (Å²) in [5.74, 6) is 1.76. The van der Waals surface area contributed by atoms with E-state index >= 15 is 0 Å². The summed E-state index contributed by atoms with van der Waals surface area (Å²) in [6, 6.07) is 0.181. The first-order valence-corrected chi connectivity index (χ1v) is 19.2. The Kier molecular flexibility index (Phi) is 7.43. The van der Waals surface area contributed by atoms with Crippen LogP contribution >= 0.6 is 0 Å². The Morgan fingerprint density at radius 1 is 1.00 bits per heavy atom. The number of nitrogens with zero attached hydrogens (tertiary/aromatic N) is 1. The molecule has 0 bridgehead atoms. The summed E-state index contributed by atoms with van der Waals surface area (Å²) in [6.07, 6.45) is 7.93. The Balaban J connectivity index is 1.03. The molecule has 3 heterocycles. The van der Waals surface area contributed by atoms with Gasteiger partial charge in [0, 0.05) is 37.0 Å². The van der Waals surface area contributed by atoms with Crippen LogP contribution in [0.1, 0.15) is 106 Å². The van der Waals surface area contributed by atoms with Gasteiger partial charge in [-0.2, -0.15) is 0 Å². The van der Waals surface area contributed by atoms with E-state index < -0.39 is 6.10 Å². The highest BCUT2D eigenvalue weighted by atomic mass is 16.6. The van der Waals surface area contributed by atoms with Gasteiger partial charge in [-0.05, 0) is 104 Å². The number of amides is 2. The van der Waals surface area contributed by atoms with Crippen LogP contribution in [0.4, 0.5) is 9.59 Å². The number of carbonyl (C=O) groups is 2. The second kappa shape index (κ2) is 10.7. The predicted molar refractivity (Wildman–Crippen MR) is 177 cm³/mol. The first-order valence-electron chi connectivity index (χ1n) is 19.2. The maximum absolute atomic E-state index is 12.9. The lowest BCUT2D eigenvalue weighted by molar-refractivity contribution is -0.185. The molecule has 3 N–H and O–H groups in total. The van der Waals surface area contributed by atoms with Crippen LogP contribution in [0, 0.1) is 56.7 Å². The summed E-state index contributed by atoms with van der Waals surface area (Å²) >= 11 is 0. The molecule has 3 saturated heterocycles. The molecule has 264 valence electrons. The molecule has 8 rings (SSSR count). The van der Waals surface area contributed by atoms with E-state index in [0.717, 1.165) is 71.1 Å². The van der Waals surface area contributed by atoms with E-state index in [1.165, 1.54) is 12.8 Å². The minimum atomic E-state index is -0.546. The number of aliphatic hydroxyl groups is 1. The Labute approximate surface area is 282 Å². The molecular formula is C38H61N3O6. The standard InChI is InChI=1S/C38H61N3O6/c1-21(2)29(47-33(44)41-15-8-16-41)24-17-22(3)28-30(45-24)31(42)36(7)26-10-9-25-34(4,5)27(46-32(43)40-23-18-39-19-23)11-12-37(25)20-38(26,37)14-13-35(28,36)6/h21-31,39,42H,8-20H2,1-7H3,(H,40,43)/t22-,24?,25+,26?,27?,28+,29?,30?,31+,35?,36-,37?,38?/m1/s1. The van der Waals surface area contributed by atoms with E-state index in [1.807, 2.05) is 0 Å². The van der Waals surface area contributed by atoms with E-state index in [4.69, 9.17) is 14.2 Å². The molecule has 8 unspecified atom stereocenters. The van der Waals surface area contributed by atoms with Crippen LogP contribution in [0.5, 0.6) is 0 Å². The molecule has 47 heavy (non-hydrogen) atoms. The number of nitrogens with one attached hydrogen (secondary N) is 2. The second-order valence-electron chi connectivity index (χ2n) is 18.9. The van der Waals surface area contributed by atoms with Crippen molar-refractivity contribution in [3.63, 3.8) is 0 Å². The van der Waals surface area contributed by atoms with Crippen LogP contribution in [0.3, 0.4) is 0 Å². The normalized spacial score (nSPS) is 49.9. The topological polar surface area (TPSA) is 109 Å². The smallest absolute Gasteiger partial charge is 0.410 e. The third kappa shape index (κ3) is 4.30. The number of hydrogen-bond acceptors (Lipinski definition) is 7. The van der Waals surface area contributed by atoms with Crippen molar-refractivity contribution in [1.82, 2.24) is 15.5 Å². The van der Waals surface area contributed by atoms with Gasteiger partial charge in [-0.1, -0.05) is 48.5 Å². The van der Waals surface area contributed by atoms with Crippen LogP contribution in [0.25, 0.3) is 0 Å². The highest BCUT2D eigenvalue weighted by Crippen LogP contribution is 2.89. The van der Waals surface area contributed by atoms with Crippen molar-refractivity contribution >= 4 is 12.2 Å². The highest BCUT2D eigenvalue weighted by Gasteiger charge is 2.84. The van der Waals surface area contributed by atoms with Gasteiger partial charge in [0.15, 0.2) is 0 Å². The van der Waals surface area contributed by atoms with Crippen molar-refractivity contribution in [2.45, 2.75) is 143 Å². The number of alkyl carbamates (subject to hydrolysis) is 1. The summed E-state index contributed by atoms with van der Waals surface area (Å²) in [7, 11) is 0. The average molecular weight is 656 g/mol. The molecule has 0 aromatic carbocycles. The molecule has 0 aromatic rings. The van der Waals surface area contributed by atoms with E-state index in [-0.39, 0.29) is 81.6 Å². The molecule has 2 spiro atoms. The van der Waals surface area contributed by atoms with Gasteiger partial charge in [0.05, 0.1) is 24.4 Å². The molecule has 0 radical (unpaired) electrons. The quantitative estimate of drug-likeness (QED) is 0.347. The van der Waals surface area contributed by atoms with Crippen LogP contribution in [0.2, 0.25) is 0 Å².